The minimum Gasteiger partial charge on any atom is -0.497 e. The van der Waals surface area contributed by atoms with Crippen LogP contribution in [0.25, 0.3) is 0 Å². The first-order valence-corrected chi connectivity index (χ1v) is 14.4. The highest BCUT2D eigenvalue weighted by molar-refractivity contribution is 7.99. The molecule has 0 saturated carbocycles. The van der Waals surface area contributed by atoms with Crippen LogP contribution in [0.15, 0.2) is 77.7 Å². The van der Waals surface area contributed by atoms with Crippen LogP contribution in [0.4, 0.5) is 0 Å². The third-order valence-electron chi connectivity index (χ3n) is 6.43. The molecular formula is C27H28ClNO5S2. The van der Waals surface area contributed by atoms with Crippen LogP contribution in [0.2, 0.25) is 5.02 Å². The Balaban J connectivity index is 1.71. The largest absolute Gasteiger partial charge is 0.497 e. The molecule has 0 amide bonds. The quantitative estimate of drug-likeness (QED) is 0.385. The fourth-order valence-corrected chi connectivity index (χ4v) is 7.54. The van der Waals surface area contributed by atoms with Crippen molar-refractivity contribution < 1.29 is 23.1 Å². The molecule has 0 spiro atoms. The standard InChI is InChI=1S/C27H28ClNO5S2/c1-18-6-12-23(13-7-18)36(32,33)29-16-24(27(30)31)26(35-17-19-8-10-21(28)11-9-19)15-25(29)20-4-3-5-22(14-20)34-2/h3-14,24-26H,15-17H2,1-2H3,(H,30,31)/t24-,25+,26-/m1/s1. The molecule has 1 aliphatic rings. The van der Waals surface area contributed by atoms with E-state index in [9.17, 15) is 18.3 Å². The zero-order valence-electron chi connectivity index (χ0n) is 20.0. The summed E-state index contributed by atoms with van der Waals surface area (Å²) in [4.78, 5) is 12.5. The highest BCUT2D eigenvalue weighted by Crippen LogP contribution is 2.43. The van der Waals surface area contributed by atoms with Crippen LogP contribution in [0, 0.1) is 12.8 Å². The van der Waals surface area contributed by atoms with Crippen molar-refractivity contribution >= 4 is 39.4 Å². The van der Waals surface area contributed by atoms with E-state index < -0.39 is 28.0 Å². The topological polar surface area (TPSA) is 83.9 Å². The fourth-order valence-electron chi connectivity index (χ4n) is 4.41. The number of benzene rings is 3. The Bertz CT molecular complexity index is 1310. The summed E-state index contributed by atoms with van der Waals surface area (Å²) in [5.74, 6) is -0.645. The van der Waals surface area contributed by atoms with E-state index in [0.717, 1.165) is 16.7 Å². The molecule has 4 rings (SSSR count). The molecule has 1 fully saturated rings. The van der Waals surface area contributed by atoms with Gasteiger partial charge in [0.25, 0.3) is 0 Å². The Morgan fingerprint density at radius 3 is 2.44 bits per heavy atom. The number of carboxylic acid groups (broad SMARTS) is 1. The lowest BCUT2D eigenvalue weighted by Gasteiger charge is -2.42. The van der Waals surface area contributed by atoms with E-state index in [4.69, 9.17) is 16.3 Å². The van der Waals surface area contributed by atoms with Crippen molar-refractivity contribution in [2.75, 3.05) is 13.7 Å². The highest BCUT2D eigenvalue weighted by Gasteiger charge is 2.45. The van der Waals surface area contributed by atoms with Crippen LogP contribution in [0.5, 0.6) is 5.75 Å². The van der Waals surface area contributed by atoms with Gasteiger partial charge in [0.1, 0.15) is 5.75 Å². The van der Waals surface area contributed by atoms with Gasteiger partial charge in [0.15, 0.2) is 0 Å². The van der Waals surface area contributed by atoms with Crippen molar-refractivity contribution in [2.45, 2.75) is 35.3 Å². The summed E-state index contributed by atoms with van der Waals surface area (Å²) in [6.45, 7) is 1.77. The SMILES string of the molecule is COc1cccc([C@@H]2C[C@@H](SCc3ccc(Cl)cc3)[C@H](C(=O)O)CN2S(=O)(=O)c2ccc(C)cc2)c1. The van der Waals surface area contributed by atoms with E-state index in [1.807, 2.05) is 49.4 Å². The monoisotopic (exact) mass is 545 g/mol. The van der Waals surface area contributed by atoms with Gasteiger partial charge in [-0.1, -0.05) is 53.6 Å². The number of carbonyl (C=O) groups is 1. The number of methoxy groups -OCH3 is 1. The Morgan fingerprint density at radius 1 is 1.11 bits per heavy atom. The summed E-state index contributed by atoms with van der Waals surface area (Å²) >= 11 is 7.53. The molecule has 36 heavy (non-hydrogen) atoms. The molecule has 1 aliphatic heterocycles. The second kappa shape index (κ2) is 11.3. The molecule has 1 N–H and O–H groups in total. The van der Waals surface area contributed by atoms with E-state index in [-0.39, 0.29) is 16.7 Å². The number of piperidine rings is 1. The number of rotatable bonds is 8. The third-order valence-corrected chi connectivity index (χ3v) is 10.0. The number of ether oxygens (including phenoxy) is 1. The van der Waals surface area contributed by atoms with Crippen molar-refractivity contribution in [1.82, 2.24) is 4.31 Å². The molecule has 9 heteroatoms. The zero-order valence-corrected chi connectivity index (χ0v) is 22.4. The molecule has 190 valence electrons. The average Bonchev–Trinajstić information content (AvgIpc) is 2.88. The van der Waals surface area contributed by atoms with Gasteiger partial charge in [0.2, 0.25) is 10.0 Å². The maximum Gasteiger partial charge on any atom is 0.308 e. The number of hydrogen-bond acceptors (Lipinski definition) is 5. The summed E-state index contributed by atoms with van der Waals surface area (Å²) in [6, 6.07) is 20.9. The highest BCUT2D eigenvalue weighted by atomic mass is 35.5. The van der Waals surface area contributed by atoms with Crippen molar-refractivity contribution in [3.8, 4) is 5.75 Å². The van der Waals surface area contributed by atoms with Crippen LogP contribution in [-0.4, -0.2) is 42.7 Å². The van der Waals surface area contributed by atoms with Gasteiger partial charge >= 0.3 is 5.97 Å². The van der Waals surface area contributed by atoms with Gasteiger partial charge < -0.3 is 9.84 Å². The summed E-state index contributed by atoms with van der Waals surface area (Å²) in [5, 5.41) is 10.4. The summed E-state index contributed by atoms with van der Waals surface area (Å²) in [7, 11) is -2.39. The molecule has 1 saturated heterocycles. The Labute approximate surface area is 221 Å². The normalized spacial score (nSPS) is 20.7. The van der Waals surface area contributed by atoms with Gasteiger partial charge in [-0.3, -0.25) is 4.79 Å². The maximum absolute atomic E-state index is 13.8. The smallest absolute Gasteiger partial charge is 0.308 e. The number of thioether (sulfide) groups is 1. The molecule has 3 aromatic rings. The lowest BCUT2D eigenvalue weighted by Crippen LogP contribution is -2.49. The predicted molar refractivity (Wildman–Crippen MR) is 143 cm³/mol. The van der Waals surface area contributed by atoms with Crippen molar-refractivity contribution in [3.63, 3.8) is 0 Å². The van der Waals surface area contributed by atoms with E-state index in [0.29, 0.717) is 22.9 Å². The first-order valence-electron chi connectivity index (χ1n) is 11.5. The first-order chi connectivity index (χ1) is 17.2. The van der Waals surface area contributed by atoms with Crippen LogP contribution in [0.1, 0.15) is 29.2 Å². The van der Waals surface area contributed by atoms with E-state index >= 15 is 0 Å². The van der Waals surface area contributed by atoms with Gasteiger partial charge in [0, 0.05) is 22.6 Å². The fraction of sp³-hybridized carbons (Fsp3) is 0.296. The molecule has 6 nitrogen and oxygen atoms in total. The minimum absolute atomic E-state index is 0.119. The number of aryl methyl sites for hydroxylation is 1. The zero-order chi connectivity index (χ0) is 25.9. The second-order valence-corrected chi connectivity index (χ2v) is 12.4. The predicted octanol–water partition coefficient (Wildman–Crippen LogP) is 5.80. The second-order valence-electron chi connectivity index (χ2n) is 8.84. The molecule has 3 aromatic carbocycles. The number of aliphatic carboxylic acids is 1. The summed E-state index contributed by atoms with van der Waals surface area (Å²) in [5.41, 5.74) is 2.74. The molecule has 3 atom stereocenters. The molecule has 0 aromatic heterocycles. The van der Waals surface area contributed by atoms with Crippen molar-refractivity contribution in [1.29, 1.82) is 0 Å². The molecule has 0 radical (unpaired) electrons. The maximum atomic E-state index is 13.8. The van der Waals surface area contributed by atoms with Crippen molar-refractivity contribution in [2.24, 2.45) is 5.92 Å². The number of carboxylic acids is 1. The van der Waals surface area contributed by atoms with Gasteiger partial charge in [-0.25, -0.2) is 8.42 Å². The van der Waals surface area contributed by atoms with Gasteiger partial charge in [-0.05, 0) is 60.9 Å². The van der Waals surface area contributed by atoms with Crippen LogP contribution >= 0.6 is 23.4 Å². The number of halogens is 1. The number of nitrogens with zero attached hydrogens (tertiary/aromatic N) is 1. The van der Waals surface area contributed by atoms with Gasteiger partial charge in [0.05, 0.1) is 24.0 Å². The van der Waals surface area contributed by atoms with E-state index in [2.05, 4.69) is 0 Å². The Hall–Kier alpha value is -2.52. The Morgan fingerprint density at radius 2 is 1.81 bits per heavy atom. The molecule has 0 bridgehead atoms. The summed E-state index contributed by atoms with van der Waals surface area (Å²) in [6.07, 6.45) is 0.355. The van der Waals surface area contributed by atoms with Gasteiger partial charge in [-0.15, -0.1) is 0 Å². The lowest BCUT2D eigenvalue weighted by atomic mass is 9.90. The van der Waals surface area contributed by atoms with Crippen molar-refractivity contribution in [3.05, 3.63) is 94.5 Å². The van der Waals surface area contributed by atoms with Crippen LogP contribution < -0.4 is 4.74 Å². The van der Waals surface area contributed by atoms with E-state index in [1.54, 1.807) is 37.4 Å². The first kappa shape index (κ1) is 26.5. The average molecular weight is 546 g/mol. The lowest BCUT2D eigenvalue weighted by molar-refractivity contribution is -0.143. The number of sulfonamides is 1. The van der Waals surface area contributed by atoms with Crippen LogP contribution in [-0.2, 0) is 20.6 Å². The van der Waals surface area contributed by atoms with Gasteiger partial charge in [-0.2, -0.15) is 16.1 Å². The summed E-state index contributed by atoms with van der Waals surface area (Å²) < 4.78 is 34.3. The Kier molecular flexibility index (Phi) is 8.30. The van der Waals surface area contributed by atoms with E-state index in [1.165, 1.54) is 16.1 Å². The van der Waals surface area contributed by atoms with Crippen LogP contribution in [0.3, 0.4) is 0 Å². The number of hydrogen-bond donors (Lipinski definition) is 1. The molecular weight excluding hydrogens is 518 g/mol. The minimum atomic E-state index is -3.95. The molecule has 0 unspecified atom stereocenters. The molecule has 0 aliphatic carbocycles. The molecule has 1 heterocycles. The third kappa shape index (κ3) is 5.89.